The average molecular weight is 561 g/mol. The van der Waals surface area contributed by atoms with E-state index in [9.17, 15) is 17.6 Å². The lowest BCUT2D eigenvalue weighted by atomic mass is 10.1. The van der Waals surface area contributed by atoms with E-state index in [1.807, 2.05) is 19.9 Å². The second-order valence-electron chi connectivity index (χ2n) is 9.90. The number of rotatable bonds is 8. The Hall–Kier alpha value is -2.44. The van der Waals surface area contributed by atoms with Crippen molar-refractivity contribution in [2.75, 3.05) is 50.8 Å². The molecule has 2 aliphatic heterocycles. The predicted octanol–water partition coefficient (Wildman–Crippen LogP) is 3.96. The van der Waals surface area contributed by atoms with Gasteiger partial charge in [-0.3, -0.25) is 14.6 Å². The van der Waals surface area contributed by atoms with Crippen LogP contribution in [-0.2, 0) is 19.6 Å². The summed E-state index contributed by atoms with van der Waals surface area (Å²) in [5.74, 6) is -0.768. The van der Waals surface area contributed by atoms with Crippen molar-refractivity contribution in [3.05, 3.63) is 53.3 Å². The van der Waals surface area contributed by atoms with Gasteiger partial charge in [0.25, 0.3) is 0 Å². The summed E-state index contributed by atoms with van der Waals surface area (Å²) < 4.78 is 48.2. The third-order valence-corrected chi connectivity index (χ3v) is 10.4. The van der Waals surface area contributed by atoms with Crippen molar-refractivity contribution in [3.8, 4) is 0 Å². The number of anilines is 1. The van der Waals surface area contributed by atoms with E-state index < -0.39 is 21.9 Å². The lowest BCUT2D eigenvalue weighted by Gasteiger charge is -2.30. The van der Waals surface area contributed by atoms with Crippen LogP contribution >= 0.6 is 11.3 Å². The summed E-state index contributed by atoms with van der Waals surface area (Å²) in [4.78, 5) is 23.0. The number of halogens is 1. The zero-order valence-electron chi connectivity index (χ0n) is 21.7. The van der Waals surface area contributed by atoms with Gasteiger partial charge in [0.1, 0.15) is 11.9 Å². The maximum absolute atomic E-state index is 14.1. The number of sulfonamides is 1. The number of carbonyl (C=O) groups is 1. The molecule has 3 heterocycles. The van der Waals surface area contributed by atoms with E-state index in [0.717, 1.165) is 59.5 Å². The zero-order valence-corrected chi connectivity index (χ0v) is 23.4. The number of nitrogens with zero attached hydrogens (tertiary/aromatic N) is 4. The molecule has 2 aromatic carbocycles. The van der Waals surface area contributed by atoms with Gasteiger partial charge in [-0.1, -0.05) is 23.5 Å². The largest absolute Gasteiger partial charge is 0.379 e. The summed E-state index contributed by atoms with van der Waals surface area (Å²) in [5.41, 5.74) is 3.00. The van der Waals surface area contributed by atoms with Crippen LogP contribution in [0.2, 0.25) is 0 Å². The maximum atomic E-state index is 14.1. The van der Waals surface area contributed by atoms with E-state index in [0.29, 0.717) is 37.7 Å². The molecule has 0 spiro atoms. The fraction of sp³-hybridized carbons (Fsp3) is 0.481. The molecule has 11 heteroatoms. The number of carbonyl (C=O) groups excluding carboxylic acids is 1. The molecule has 204 valence electrons. The Bertz CT molecular complexity index is 1370. The maximum Gasteiger partial charge on any atom is 0.247 e. The third-order valence-electron chi connectivity index (χ3n) is 7.30. The molecule has 0 aliphatic carbocycles. The molecule has 0 N–H and O–H groups in total. The Morgan fingerprint density at radius 1 is 1.11 bits per heavy atom. The molecule has 2 aliphatic rings. The Morgan fingerprint density at radius 3 is 2.53 bits per heavy atom. The SMILES string of the molecule is Cc1ccc(C)c2sc(N(CCCN3CCOCC3)C(=O)C3CCCN3S(=O)(=O)c3ccc(F)cc3)nc12. The summed E-state index contributed by atoms with van der Waals surface area (Å²) in [6.07, 6.45) is 1.75. The lowest BCUT2D eigenvalue weighted by Crippen LogP contribution is -2.48. The molecular formula is C27H33FN4O4S2. The number of benzene rings is 2. The van der Waals surface area contributed by atoms with Crippen LogP contribution in [0.3, 0.4) is 0 Å². The van der Waals surface area contributed by atoms with Crippen LogP contribution in [0.5, 0.6) is 0 Å². The number of hydrogen-bond acceptors (Lipinski definition) is 7. The molecular weight excluding hydrogens is 527 g/mol. The first-order valence-electron chi connectivity index (χ1n) is 13.0. The lowest BCUT2D eigenvalue weighted by molar-refractivity contribution is -0.121. The molecule has 1 atom stereocenters. The van der Waals surface area contributed by atoms with Crippen LogP contribution in [0, 0.1) is 19.7 Å². The minimum absolute atomic E-state index is 0.0105. The van der Waals surface area contributed by atoms with E-state index in [4.69, 9.17) is 9.72 Å². The van der Waals surface area contributed by atoms with E-state index in [2.05, 4.69) is 11.0 Å². The van der Waals surface area contributed by atoms with E-state index >= 15 is 0 Å². The van der Waals surface area contributed by atoms with Crippen molar-refractivity contribution in [1.29, 1.82) is 0 Å². The quantitative estimate of drug-likeness (QED) is 0.415. The first-order valence-corrected chi connectivity index (χ1v) is 15.3. The van der Waals surface area contributed by atoms with Gasteiger partial charge in [0.2, 0.25) is 15.9 Å². The van der Waals surface area contributed by atoms with Crippen molar-refractivity contribution in [2.24, 2.45) is 0 Å². The van der Waals surface area contributed by atoms with Crippen molar-refractivity contribution in [2.45, 2.75) is 44.0 Å². The number of ether oxygens (including phenoxy) is 1. The van der Waals surface area contributed by atoms with Crippen LogP contribution in [0.1, 0.15) is 30.4 Å². The Kier molecular flexibility index (Phi) is 8.11. The fourth-order valence-corrected chi connectivity index (χ4v) is 7.93. The number of thiazole rings is 1. The number of aryl methyl sites for hydroxylation is 2. The van der Waals surface area contributed by atoms with Crippen molar-refractivity contribution in [1.82, 2.24) is 14.2 Å². The topological polar surface area (TPSA) is 83.0 Å². The molecule has 0 bridgehead atoms. The number of morpholine rings is 1. The second kappa shape index (κ2) is 11.4. The van der Waals surface area contributed by atoms with Gasteiger partial charge in [-0.25, -0.2) is 17.8 Å². The highest BCUT2D eigenvalue weighted by Crippen LogP contribution is 2.35. The molecule has 2 saturated heterocycles. The van der Waals surface area contributed by atoms with Crippen LogP contribution in [0.25, 0.3) is 10.2 Å². The summed E-state index contributed by atoms with van der Waals surface area (Å²) in [7, 11) is -3.96. The first-order chi connectivity index (χ1) is 18.3. The Labute approximate surface area is 227 Å². The fourth-order valence-electron chi connectivity index (χ4n) is 5.14. The van der Waals surface area contributed by atoms with Crippen LogP contribution in [0.15, 0.2) is 41.3 Å². The molecule has 1 amide bonds. The molecule has 1 unspecified atom stereocenters. The molecule has 8 nitrogen and oxygen atoms in total. The minimum atomic E-state index is -3.96. The van der Waals surface area contributed by atoms with Gasteiger partial charge in [-0.15, -0.1) is 0 Å². The predicted molar refractivity (Wildman–Crippen MR) is 147 cm³/mol. The molecule has 2 fully saturated rings. The third kappa shape index (κ3) is 5.48. The van der Waals surface area contributed by atoms with Crippen LogP contribution in [-0.4, -0.2) is 80.5 Å². The Morgan fingerprint density at radius 2 is 1.82 bits per heavy atom. The van der Waals surface area contributed by atoms with Gasteiger partial charge in [0.15, 0.2) is 5.13 Å². The number of aromatic nitrogens is 1. The first kappa shape index (κ1) is 27.1. The molecule has 1 aromatic heterocycles. The Balaban J connectivity index is 1.44. The summed E-state index contributed by atoms with van der Waals surface area (Å²) >= 11 is 1.48. The highest BCUT2D eigenvalue weighted by atomic mass is 32.2. The second-order valence-corrected chi connectivity index (χ2v) is 12.8. The number of amides is 1. The standard InChI is InChI=1S/C27H33FN4O4S2/c1-19-6-7-20(2)25-24(19)29-27(37-25)31(13-4-12-30-15-17-36-18-16-30)26(33)23-5-3-14-32(23)38(34,35)22-10-8-21(28)9-11-22/h6-11,23H,3-5,12-18H2,1-2H3. The van der Waals surface area contributed by atoms with E-state index in [1.54, 1.807) is 4.90 Å². The smallest absolute Gasteiger partial charge is 0.247 e. The molecule has 0 saturated carbocycles. The highest BCUT2D eigenvalue weighted by Gasteiger charge is 2.42. The van der Waals surface area contributed by atoms with Gasteiger partial charge >= 0.3 is 0 Å². The van der Waals surface area contributed by atoms with Crippen molar-refractivity contribution < 1.29 is 22.3 Å². The summed E-state index contributed by atoms with van der Waals surface area (Å²) in [5, 5.41) is 0.593. The molecule has 0 radical (unpaired) electrons. The van der Waals surface area contributed by atoms with Gasteiger partial charge in [0, 0.05) is 32.7 Å². The molecule has 5 rings (SSSR count). The van der Waals surface area contributed by atoms with Crippen LogP contribution < -0.4 is 4.90 Å². The monoisotopic (exact) mass is 560 g/mol. The molecule has 3 aromatic rings. The van der Waals surface area contributed by atoms with Gasteiger partial charge in [0.05, 0.1) is 28.3 Å². The van der Waals surface area contributed by atoms with Crippen LogP contribution in [0.4, 0.5) is 9.52 Å². The summed E-state index contributed by atoms with van der Waals surface area (Å²) in [6, 6.07) is 8.01. The minimum Gasteiger partial charge on any atom is -0.379 e. The van der Waals surface area contributed by atoms with E-state index in [1.165, 1.54) is 27.8 Å². The van der Waals surface area contributed by atoms with Gasteiger partial charge in [-0.05, 0) is 68.5 Å². The number of hydrogen-bond donors (Lipinski definition) is 0. The van der Waals surface area contributed by atoms with Crippen molar-refractivity contribution >= 4 is 42.6 Å². The van der Waals surface area contributed by atoms with Gasteiger partial charge in [-0.2, -0.15) is 4.31 Å². The van der Waals surface area contributed by atoms with Gasteiger partial charge < -0.3 is 4.74 Å². The average Bonchev–Trinajstić information content (AvgIpc) is 3.59. The van der Waals surface area contributed by atoms with E-state index in [-0.39, 0.29) is 17.3 Å². The highest BCUT2D eigenvalue weighted by molar-refractivity contribution is 7.89. The number of fused-ring (bicyclic) bond motifs is 1. The summed E-state index contributed by atoms with van der Waals surface area (Å²) in [6.45, 7) is 8.67. The molecule has 38 heavy (non-hydrogen) atoms. The normalized spacial score (nSPS) is 19.3. The van der Waals surface area contributed by atoms with Crippen molar-refractivity contribution in [3.63, 3.8) is 0 Å². The zero-order chi connectivity index (χ0) is 26.9.